The van der Waals surface area contributed by atoms with Gasteiger partial charge in [0.1, 0.15) is 17.9 Å². The van der Waals surface area contributed by atoms with E-state index in [2.05, 4.69) is 14.6 Å². The maximum Gasteiger partial charge on any atom is 0.533 e. The largest absolute Gasteiger partial charge is 0.533 e. The van der Waals surface area contributed by atoms with Gasteiger partial charge in [-0.2, -0.15) is 0 Å². The van der Waals surface area contributed by atoms with Crippen molar-refractivity contribution in [1.82, 2.24) is 10.0 Å². The standard InChI is InChI=1S/C17H18N2O8S/c1-3-15(22)19(11(2)20)27-17(23)26-9-10-28(24,25)14-7-6-13(21)16-12(14)5-4-8-18-16/h4-8,21H,3,9-10H2,1-2H3. The van der Waals surface area contributed by atoms with Crippen molar-refractivity contribution < 1.29 is 37.5 Å². The second-order valence-electron chi connectivity index (χ2n) is 5.55. The normalized spacial score (nSPS) is 11.1. The fraction of sp³-hybridized carbons (Fsp3) is 0.294. The van der Waals surface area contributed by atoms with E-state index in [0.29, 0.717) is 0 Å². The Morgan fingerprint density at radius 3 is 2.57 bits per heavy atom. The smallest absolute Gasteiger partial charge is 0.506 e. The molecule has 0 spiro atoms. The molecule has 150 valence electrons. The summed E-state index contributed by atoms with van der Waals surface area (Å²) < 4.78 is 29.8. The molecule has 0 aliphatic heterocycles. The van der Waals surface area contributed by atoms with Crippen molar-refractivity contribution in [3.8, 4) is 5.75 Å². The lowest BCUT2D eigenvalue weighted by Crippen LogP contribution is -2.37. The molecule has 0 saturated carbocycles. The molecule has 28 heavy (non-hydrogen) atoms. The lowest BCUT2D eigenvalue weighted by Gasteiger charge is -2.16. The Morgan fingerprint density at radius 2 is 1.93 bits per heavy atom. The first-order chi connectivity index (χ1) is 13.2. The first kappa shape index (κ1) is 21.1. The highest BCUT2D eigenvalue weighted by Crippen LogP contribution is 2.28. The summed E-state index contributed by atoms with van der Waals surface area (Å²) >= 11 is 0. The van der Waals surface area contributed by atoms with Crippen LogP contribution in [0.25, 0.3) is 10.9 Å². The van der Waals surface area contributed by atoms with Gasteiger partial charge in [0.2, 0.25) is 0 Å². The highest BCUT2D eigenvalue weighted by molar-refractivity contribution is 7.91. The second kappa shape index (κ2) is 8.65. The number of carbonyl (C=O) groups is 3. The van der Waals surface area contributed by atoms with Crippen molar-refractivity contribution in [3.63, 3.8) is 0 Å². The third kappa shape index (κ3) is 4.74. The molecule has 1 heterocycles. The molecule has 0 fully saturated rings. The molecule has 2 amide bonds. The average Bonchev–Trinajstić information content (AvgIpc) is 2.65. The molecule has 0 bridgehead atoms. The van der Waals surface area contributed by atoms with Gasteiger partial charge in [-0.25, -0.2) is 13.2 Å². The van der Waals surface area contributed by atoms with E-state index in [1.807, 2.05) is 0 Å². The number of hydroxylamine groups is 2. The molecule has 2 rings (SSSR count). The summed E-state index contributed by atoms with van der Waals surface area (Å²) in [6.07, 6.45) is -0.0523. The molecule has 1 aromatic heterocycles. The number of imide groups is 1. The van der Waals surface area contributed by atoms with E-state index in [-0.39, 0.29) is 33.0 Å². The van der Waals surface area contributed by atoms with Gasteiger partial charge in [0.25, 0.3) is 11.8 Å². The van der Waals surface area contributed by atoms with Crippen LogP contribution in [0.2, 0.25) is 0 Å². The van der Waals surface area contributed by atoms with Crippen molar-refractivity contribution >= 4 is 38.7 Å². The van der Waals surface area contributed by atoms with E-state index < -0.39 is 40.2 Å². The summed E-state index contributed by atoms with van der Waals surface area (Å²) in [4.78, 5) is 42.8. The van der Waals surface area contributed by atoms with E-state index in [1.165, 1.54) is 37.4 Å². The van der Waals surface area contributed by atoms with Crippen LogP contribution in [0.1, 0.15) is 20.3 Å². The number of amides is 2. The van der Waals surface area contributed by atoms with Crippen molar-refractivity contribution in [2.24, 2.45) is 0 Å². The van der Waals surface area contributed by atoms with Crippen LogP contribution in [0.3, 0.4) is 0 Å². The van der Waals surface area contributed by atoms with Gasteiger partial charge in [0, 0.05) is 24.9 Å². The van der Waals surface area contributed by atoms with Crippen molar-refractivity contribution in [2.75, 3.05) is 12.4 Å². The Hall–Kier alpha value is -3.21. The summed E-state index contributed by atoms with van der Waals surface area (Å²) in [5.41, 5.74) is 0.124. The van der Waals surface area contributed by atoms with Gasteiger partial charge in [0.05, 0.1) is 10.6 Å². The number of aromatic hydroxyl groups is 1. The molecule has 10 nitrogen and oxygen atoms in total. The van der Waals surface area contributed by atoms with Crippen LogP contribution in [0.15, 0.2) is 35.4 Å². The van der Waals surface area contributed by atoms with Crippen LogP contribution in [0.4, 0.5) is 4.79 Å². The van der Waals surface area contributed by atoms with Gasteiger partial charge in [0.15, 0.2) is 9.84 Å². The fourth-order valence-electron chi connectivity index (χ4n) is 2.28. The number of sulfone groups is 1. The molecule has 0 saturated heterocycles. The van der Waals surface area contributed by atoms with E-state index in [4.69, 9.17) is 0 Å². The molecular formula is C17H18N2O8S. The molecule has 0 radical (unpaired) electrons. The molecule has 2 aromatic rings. The van der Waals surface area contributed by atoms with Crippen molar-refractivity contribution in [1.29, 1.82) is 0 Å². The number of benzene rings is 1. The molecule has 0 aliphatic carbocycles. The number of phenolic OH excluding ortho intramolecular Hbond substituents is 1. The number of fused-ring (bicyclic) bond motifs is 1. The second-order valence-corrected chi connectivity index (χ2v) is 7.63. The van der Waals surface area contributed by atoms with Crippen LogP contribution >= 0.6 is 0 Å². The number of ether oxygens (including phenoxy) is 1. The zero-order valence-electron chi connectivity index (χ0n) is 15.1. The van der Waals surface area contributed by atoms with Crippen molar-refractivity contribution in [2.45, 2.75) is 25.2 Å². The Labute approximate surface area is 160 Å². The van der Waals surface area contributed by atoms with E-state index in [1.54, 1.807) is 0 Å². The van der Waals surface area contributed by atoms with Crippen molar-refractivity contribution in [3.05, 3.63) is 30.5 Å². The molecule has 1 aromatic carbocycles. The SMILES string of the molecule is CCC(=O)N(OC(=O)OCCS(=O)(=O)c1ccc(O)c2ncccc12)C(C)=O. The number of hydrogen-bond acceptors (Lipinski definition) is 9. The predicted molar refractivity (Wildman–Crippen MR) is 95.7 cm³/mol. The summed E-state index contributed by atoms with van der Waals surface area (Å²) in [6, 6.07) is 5.45. The van der Waals surface area contributed by atoms with Gasteiger partial charge < -0.3 is 9.84 Å². The molecule has 0 atom stereocenters. The van der Waals surface area contributed by atoms with Crippen LogP contribution in [0.5, 0.6) is 5.75 Å². The van der Waals surface area contributed by atoms with E-state index >= 15 is 0 Å². The molecular weight excluding hydrogens is 392 g/mol. The summed E-state index contributed by atoms with van der Waals surface area (Å²) in [5.74, 6) is -2.32. The van der Waals surface area contributed by atoms with Gasteiger partial charge in [-0.15, -0.1) is 0 Å². The molecule has 1 N–H and O–H groups in total. The maximum atomic E-state index is 12.6. The van der Waals surface area contributed by atoms with Gasteiger partial charge in [-0.1, -0.05) is 12.0 Å². The number of hydrogen-bond donors (Lipinski definition) is 1. The van der Waals surface area contributed by atoms with Crippen LogP contribution < -0.4 is 0 Å². The van der Waals surface area contributed by atoms with Crippen LogP contribution in [0, 0.1) is 0 Å². The summed E-state index contributed by atoms with van der Waals surface area (Å²) in [7, 11) is -3.90. The lowest BCUT2D eigenvalue weighted by molar-refractivity contribution is -0.182. The number of aromatic nitrogens is 1. The highest BCUT2D eigenvalue weighted by atomic mass is 32.2. The first-order valence-corrected chi connectivity index (χ1v) is 9.80. The molecule has 0 unspecified atom stereocenters. The highest BCUT2D eigenvalue weighted by Gasteiger charge is 2.24. The third-order valence-electron chi connectivity index (χ3n) is 3.60. The zero-order chi connectivity index (χ0) is 20.9. The zero-order valence-corrected chi connectivity index (χ0v) is 15.9. The predicted octanol–water partition coefficient (Wildman–Crippen LogP) is 1.57. The maximum absolute atomic E-state index is 12.6. The fourth-order valence-corrected chi connectivity index (χ4v) is 3.58. The Bertz CT molecular complexity index is 1020. The van der Waals surface area contributed by atoms with Gasteiger partial charge in [-0.05, 0) is 24.3 Å². The Kier molecular flexibility index (Phi) is 6.52. The Balaban J connectivity index is 2.07. The van der Waals surface area contributed by atoms with E-state index in [9.17, 15) is 27.9 Å². The third-order valence-corrected chi connectivity index (χ3v) is 5.33. The minimum atomic E-state index is -3.90. The number of nitrogens with zero attached hydrogens (tertiary/aromatic N) is 2. The first-order valence-electron chi connectivity index (χ1n) is 8.15. The minimum Gasteiger partial charge on any atom is -0.506 e. The topological polar surface area (TPSA) is 140 Å². The monoisotopic (exact) mass is 410 g/mol. The number of phenols is 1. The van der Waals surface area contributed by atoms with Crippen LogP contribution in [-0.2, 0) is 29.0 Å². The molecule has 11 heteroatoms. The number of rotatable bonds is 5. The molecule has 0 aliphatic rings. The van der Waals surface area contributed by atoms with Crippen LogP contribution in [-0.4, -0.2) is 53.9 Å². The Morgan fingerprint density at radius 1 is 1.21 bits per heavy atom. The van der Waals surface area contributed by atoms with Gasteiger partial charge in [-0.3, -0.25) is 19.4 Å². The van der Waals surface area contributed by atoms with Gasteiger partial charge >= 0.3 is 6.16 Å². The minimum absolute atomic E-state index is 0.0802. The summed E-state index contributed by atoms with van der Waals surface area (Å²) in [6.45, 7) is 1.92. The number of pyridine rings is 1. The quantitative estimate of drug-likeness (QED) is 0.574. The average molecular weight is 410 g/mol. The van der Waals surface area contributed by atoms with E-state index in [0.717, 1.165) is 6.92 Å². The summed E-state index contributed by atoms with van der Waals surface area (Å²) in [5, 5.41) is 10.3. The lowest BCUT2D eigenvalue weighted by atomic mass is 10.2. The number of carbonyl (C=O) groups excluding carboxylic acids is 3.